The van der Waals surface area contributed by atoms with E-state index < -0.39 is 0 Å². The van der Waals surface area contributed by atoms with Crippen LogP contribution in [0.2, 0.25) is 0 Å². The second-order valence-electron chi connectivity index (χ2n) is 4.37. The zero-order valence-electron chi connectivity index (χ0n) is 9.73. The number of amidine groups is 1. The van der Waals surface area contributed by atoms with E-state index in [0.717, 1.165) is 6.42 Å². The predicted octanol–water partition coefficient (Wildman–Crippen LogP) is 3.26. The largest absolute Gasteiger partial charge is 0.387 e. The van der Waals surface area contributed by atoms with Crippen molar-refractivity contribution in [2.45, 2.75) is 46.5 Å². The summed E-state index contributed by atoms with van der Waals surface area (Å²) in [4.78, 5) is 0. The number of hydrogen-bond acceptors (Lipinski definition) is 2. The monoisotopic (exact) mass is 216 g/mol. The Bertz CT molecular complexity index is 167. The molecule has 0 aromatic carbocycles. The van der Waals surface area contributed by atoms with Gasteiger partial charge in [-0.2, -0.15) is 11.8 Å². The molecular weight excluding hydrogens is 192 g/mol. The fourth-order valence-corrected chi connectivity index (χ4v) is 2.05. The average Bonchev–Trinajstić information content (AvgIpc) is 2.10. The van der Waals surface area contributed by atoms with Crippen LogP contribution < -0.4 is 5.73 Å². The summed E-state index contributed by atoms with van der Waals surface area (Å²) in [6.45, 7) is 6.31. The van der Waals surface area contributed by atoms with Crippen molar-refractivity contribution < 1.29 is 0 Å². The van der Waals surface area contributed by atoms with Gasteiger partial charge in [-0.3, -0.25) is 5.41 Å². The molecule has 0 saturated heterocycles. The summed E-state index contributed by atoms with van der Waals surface area (Å²) in [6, 6.07) is 0. The Morgan fingerprint density at radius 3 is 2.43 bits per heavy atom. The summed E-state index contributed by atoms with van der Waals surface area (Å²) in [5, 5.41) is 7.42. The summed E-state index contributed by atoms with van der Waals surface area (Å²) >= 11 is 2.03. The SMILES string of the molecule is CCCSCCCCC(C)(C)C(=N)N. The molecule has 0 bridgehead atoms. The molecule has 3 N–H and O–H groups in total. The van der Waals surface area contributed by atoms with Crippen molar-refractivity contribution in [2.75, 3.05) is 11.5 Å². The number of nitrogens with one attached hydrogen (secondary N) is 1. The molecule has 14 heavy (non-hydrogen) atoms. The molecule has 0 fully saturated rings. The molecule has 0 heterocycles. The van der Waals surface area contributed by atoms with Gasteiger partial charge in [-0.1, -0.05) is 27.2 Å². The first-order chi connectivity index (χ1) is 6.50. The third-order valence-electron chi connectivity index (χ3n) is 2.42. The lowest BCUT2D eigenvalue weighted by Gasteiger charge is -2.22. The van der Waals surface area contributed by atoms with Crippen molar-refractivity contribution in [3.63, 3.8) is 0 Å². The van der Waals surface area contributed by atoms with Crippen LogP contribution >= 0.6 is 11.8 Å². The van der Waals surface area contributed by atoms with E-state index in [1.807, 2.05) is 11.8 Å². The second kappa shape index (κ2) is 7.16. The topological polar surface area (TPSA) is 49.9 Å². The number of nitrogens with two attached hydrogens (primary N) is 1. The first kappa shape index (κ1) is 13.8. The van der Waals surface area contributed by atoms with E-state index in [2.05, 4.69) is 20.8 Å². The van der Waals surface area contributed by atoms with Crippen LogP contribution in [-0.2, 0) is 0 Å². The van der Waals surface area contributed by atoms with Crippen molar-refractivity contribution >= 4 is 17.6 Å². The fraction of sp³-hybridized carbons (Fsp3) is 0.909. The quantitative estimate of drug-likeness (QED) is 0.372. The first-order valence-corrected chi connectivity index (χ1v) is 6.58. The standard InChI is InChI=1S/C11H24N2S/c1-4-8-14-9-6-5-7-11(2,3)10(12)13/h4-9H2,1-3H3,(H3,12,13). The Morgan fingerprint density at radius 2 is 1.93 bits per heavy atom. The molecular formula is C11H24N2S. The molecule has 0 aliphatic carbocycles. The van der Waals surface area contributed by atoms with E-state index in [1.54, 1.807) is 0 Å². The third kappa shape index (κ3) is 6.30. The van der Waals surface area contributed by atoms with Crippen molar-refractivity contribution in [3.8, 4) is 0 Å². The molecule has 0 aromatic rings. The molecule has 0 atom stereocenters. The first-order valence-electron chi connectivity index (χ1n) is 5.43. The third-order valence-corrected chi connectivity index (χ3v) is 3.69. The Hall–Kier alpha value is -0.180. The summed E-state index contributed by atoms with van der Waals surface area (Å²) < 4.78 is 0. The smallest absolute Gasteiger partial charge is 0.0963 e. The van der Waals surface area contributed by atoms with Crippen LogP contribution in [0.4, 0.5) is 0 Å². The highest BCUT2D eigenvalue weighted by Gasteiger charge is 2.20. The normalized spacial score (nSPS) is 11.6. The van der Waals surface area contributed by atoms with Crippen molar-refractivity contribution in [1.82, 2.24) is 0 Å². The lowest BCUT2D eigenvalue weighted by Crippen LogP contribution is -2.30. The maximum atomic E-state index is 7.42. The highest BCUT2D eigenvalue weighted by atomic mass is 32.2. The average molecular weight is 216 g/mol. The predicted molar refractivity (Wildman–Crippen MR) is 67.2 cm³/mol. The van der Waals surface area contributed by atoms with E-state index in [9.17, 15) is 0 Å². The van der Waals surface area contributed by atoms with Gasteiger partial charge in [0.05, 0.1) is 5.84 Å². The van der Waals surface area contributed by atoms with Gasteiger partial charge in [-0.05, 0) is 30.8 Å². The highest BCUT2D eigenvalue weighted by Crippen LogP contribution is 2.23. The maximum absolute atomic E-state index is 7.42. The van der Waals surface area contributed by atoms with Gasteiger partial charge in [0.15, 0.2) is 0 Å². The van der Waals surface area contributed by atoms with Crippen LogP contribution in [0.5, 0.6) is 0 Å². The summed E-state index contributed by atoms with van der Waals surface area (Å²) in [5.74, 6) is 2.84. The summed E-state index contributed by atoms with van der Waals surface area (Å²) in [5.41, 5.74) is 5.41. The molecule has 0 aliphatic heterocycles. The molecule has 0 aliphatic rings. The molecule has 0 radical (unpaired) electrons. The van der Waals surface area contributed by atoms with Gasteiger partial charge in [-0.15, -0.1) is 0 Å². The number of hydrogen-bond donors (Lipinski definition) is 2. The van der Waals surface area contributed by atoms with Gasteiger partial charge in [0, 0.05) is 5.41 Å². The van der Waals surface area contributed by atoms with E-state index >= 15 is 0 Å². The molecule has 3 heteroatoms. The maximum Gasteiger partial charge on any atom is 0.0963 e. The van der Waals surface area contributed by atoms with Crippen molar-refractivity contribution in [3.05, 3.63) is 0 Å². The molecule has 0 aromatic heterocycles. The molecule has 0 saturated carbocycles. The number of thioether (sulfide) groups is 1. The van der Waals surface area contributed by atoms with Crippen molar-refractivity contribution in [2.24, 2.45) is 11.1 Å². The minimum absolute atomic E-state index is 0.102. The molecule has 0 spiro atoms. The Morgan fingerprint density at radius 1 is 1.29 bits per heavy atom. The summed E-state index contributed by atoms with van der Waals surface area (Å²) in [6.07, 6.45) is 4.74. The van der Waals surface area contributed by atoms with Crippen molar-refractivity contribution in [1.29, 1.82) is 5.41 Å². The van der Waals surface area contributed by atoms with Gasteiger partial charge < -0.3 is 5.73 Å². The van der Waals surface area contributed by atoms with E-state index in [1.165, 1.54) is 30.8 Å². The Labute approximate surface area is 92.5 Å². The molecule has 2 nitrogen and oxygen atoms in total. The lowest BCUT2D eigenvalue weighted by molar-refractivity contribution is 0.448. The van der Waals surface area contributed by atoms with E-state index in [4.69, 9.17) is 11.1 Å². The highest BCUT2D eigenvalue weighted by molar-refractivity contribution is 7.99. The number of unbranched alkanes of at least 4 members (excludes halogenated alkanes) is 1. The van der Waals surface area contributed by atoms with Crippen LogP contribution in [0, 0.1) is 10.8 Å². The van der Waals surface area contributed by atoms with Gasteiger partial charge in [0.25, 0.3) is 0 Å². The molecule has 0 amide bonds. The minimum atomic E-state index is -0.102. The van der Waals surface area contributed by atoms with E-state index in [-0.39, 0.29) is 5.41 Å². The molecule has 84 valence electrons. The fourth-order valence-electron chi connectivity index (χ4n) is 1.15. The Kier molecular flexibility index (Phi) is 7.06. The van der Waals surface area contributed by atoms with E-state index in [0.29, 0.717) is 5.84 Å². The van der Waals surface area contributed by atoms with Crippen LogP contribution in [0.3, 0.4) is 0 Å². The van der Waals surface area contributed by atoms with Crippen LogP contribution in [0.15, 0.2) is 0 Å². The van der Waals surface area contributed by atoms with Gasteiger partial charge >= 0.3 is 0 Å². The zero-order chi connectivity index (χ0) is 11.0. The molecule has 0 rings (SSSR count). The van der Waals surface area contributed by atoms with Crippen LogP contribution in [0.25, 0.3) is 0 Å². The number of rotatable bonds is 8. The minimum Gasteiger partial charge on any atom is -0.387 e. The summed E-state index contributed by atoms with van der Waals surface area (Å²) in [7, 11) is 0. The van der Waals surface area contributed by atoms with Gasteiger partial charge in [0.2, 0.25) is 0 Å². The van der Waals surface area contributed by atoms with Gasteiger partial charge in [-0.25, -0.2) is 0 Å². The Balaban J connectivity index is 3.40. The molecule has 0 unspecified atom stereocenters. The zero-order valence-corrected chi connectivity index (χ0v) is 10.5. The lowest BCUT2D eigenvalue weighted by atomic mass is 9.86. The van der Waals surface area contributed by atoms with Crippen LogP contribution in [0.1, 0.15) is 46.5 Å². The second-order valence-corrected chi connectivity index (χ2v) is 5.59. The van der Waals surface area contributed by atoms with Crippen LogP contribution in [-0.4, -0.2) is 17.3 Å². The van der Waals surface area contributed by atoms with Gasteiger partial charge in [0.1, 0.15) is 0 Å².